The van der Waals surface area contributed by atoms with Gasteiger partial charge in [0.1, 0.15) is 0 Å². The first kappa shape index (κ1) is 23.0. The third-order valence-electron chi connectivity index (χ3n) is 4.76. The van der Waals surface area contributed by atoms with E-state index in [1.165, 1.54) is 10.9 Å². The van der Waals surface area contributed by atoms with Crippen molar-refractivity contribution in [3.63, 3.8) is 0 Å². The third kappa shape index (κ3) is 5.94. The van der Waals surface area contributed by atoms with Crippen molar-refractivity contribution in [1.29, 1.82) is 0 Å². The molecular weight excluding hydrogens is 432 g/mol. The van der Waals surface area contributed by atoms with Gasteiger partial charge in [-0.05, 0) is 23.6 Å². The number of benzene rings is 2. The first-order chi connectivity index (χ1) is 15.1. The topological polar surface area (TPSA) is 130 Å². The first-order valence-electron chi connectivity index (χ1n) is 9.81. The lowest BCUT2D eigenvalue weighted by Crippen LogP contribution is -2.31. The molecule has 9 nitrogen and oxygen atoms in total. The minimum Gasteiger partial charge on any atom is -0.481 e. The van der Waals surface area contributed by atoms with Gasteiger partial charge < -0.3 is 10.4 Å². The maximum atomic E-state index is 13.0. The second-order valence-corrected chi connectivity index (χ2v) is 9.11. The van der Waals surface area contributed by atoms with E-state index in [1.54, 1.807) is 49.5 Å². The van der Waals surface area contributed by atoms with Gasteiger partial charge >= 0.3 is 5.97 Å². The summed E-state index contributed by atoms with van der Waals surface area (Å²) in [5.74, 6) is -2.03. The van der Waals surface area contributed by atoms with Crippen molar-refractivity contribution in [2.75, 3.05) is 4.72 Å². The van der Waals surface area contributed by atoms with Crippen LogP contribution in [0.5, 0.6) is 0 Å². The molecule has 0 aliphatic carbocycles. The number of carbonyl (C=O) groups is 2. The molecule has 0 radical (unpaired) electrons. The van der Waals surface area contributed by atoms with Crippen LogP contribution >= 0.6 is 0 Å². The van der Waals surface area contributed by atoms with Crippen LogP contribution in [0.1, 0.15) is 39.6 Å². The van der Waals surface area contributed by atoms with E-state index in [1.807, 2.05) is 19.1 Å². The Morgan fingerprint density at radius 2 is 1.75 bits per heavy atom. The Hall–Kier alpha value is -3.66. The third-order valence-corrected chi connectivity index (χ3v) is 6.00. The van der Waals surface area contributed by atoms with Crippen molar-refractivity contribution in [2.24, 2.45) is 7.05 Å². The molecule has 0 fully saturated rings. The predicted molar refractivity (Wildman–Crippen MR) is 120 cm³/mol. The van der Waals surface area contributed by atoms with E-state index in [-0.39, 0.29) is 23.6 Å². The summed E-state index contributed by atoms with van der Waals surface area (Å²) in [5, 5.41) is 16.1. The quantitative estimate of drug-likeness (QED) is 0.454. The molecule has 32 heavy (non-hydrogen) atoms. The van der Waals surface area contributed by atoms with Crippen LogP contribution in [0, 0.1) is 6.92 Å². The van der Waals surface area contributed by atoms with Crippen molar-refractivity contribution in [3.05, 3.63) is 83.2 Å². The highest BCUT2D eigenvalue weighted by molar-refractivity contribution is 7.91. The smallest absolute Gasteiger partial charge is 0.305 e. The molecule has 3 N–H and O–H groups in total. The number of sulfonamides is 1. The van der Waals surface area contributed by atoms with Gasteiger partial charge in [0, 0.05) is 13.2 Å². The lowest BCUT2D eigenvalue weighted by molar-refractivity contribution is -0.137. The lowest BCUT2D eigenvalue weighted by Gasteiger charge is -2.19. The Kier molecular flexibility index (Phi) is 6.94. The maximum absolute atomic E-state index is 13.0. The van der Waals surface area contributed by atoms with E-state index >= 15 is 0 Å². The Bertz CT molecular complexity index is 1220. The number of anilines is 1. The van der Waals surface area contributed by atoms with Gasteiger partial charge in [0.15, 0.2) is 5.69 Å². The summed E-state index contributed by atoms with van der Waals surface area (Å²) in [5.41, 5.74) is 1.94. The highest BCUT2D eigenvalue weighted by Gasteiger charge is 2.25. The fraction of sp³-hybridized carbons (Fsp3) is 0.227. The molecule has 1 aromatic heterocycles. The van der Waals surface area contributed by atoms with Crippen LogP contribution in [-0.2, 0) is 27.6 Å². The summed E-state index contributed by atoms with van der Waals surface area (Å²) >= 11 is 0. The molecule has 10 heteroatoms. The molecule has 1 atom stereocenters. The minimum atomic E-state index is -3.81. The number of carboxylic acids is 1. The maximum Gasteiger partial charge on any atom is 0.305 e. The summed E-state index contributed by atoms with van der Waals surface area (Å²) in [7, 11) is -2.26. The number of hydrogen-bond donors (Lipinski definition) is 3. The number of hydrogen-bond acceptors (Lipinski definition) is 5. The number of aliphatic carboxylic acids is 1. The zero-order valence-electron chi connectivity index (χ0n) is 17.6. The number of nitrogens with one attached hydrogen (secondary N) is 2. The van der Waals surface area contributed by atoms with E-state index in [0.717, 1.165) is 5.56 Å². The van der Waals surface area contributed by atoms with Crippen LogP contribution in [0.4, 0.5) is 5.69 Å². The molecular formula is C22H24N4O5S. The SMILES string of the molecule is Cc1ccccc1[C@H](CC(=O)O)NC(=O)c1nn(C)cc1NS(=O)(=O)Cc1ccccc1. The van der Waals surface area contributed by atoms with Gasteiger partial charge in [-0.2, -0.15) is 5.10 Å². The van der Waals surface area contributed by atoms with Crippen LogP contribution in [0.3, 0.4) is 0 Å². The first-order valence-corrected chi connectivity index (χ1v) is 11.5. The van der Waals surface area contributed by atoms with Crippen molar-refractivity contribution in [3.8, 4) is 0 Å². The summed E-state index contributed by atoms with van der Waals surface area (Å²) in [6, 6.07) is 15.0. The Balaban J connectivity index is 1.84. The zero-order valence-corrected chi connectivity index (χ0v) is 18.5. The van der Waals surface area contributed by atoms with Crippen LogP contribution in [0.15, 0.2) is 60.8 Å². The number of aryl methyl sites for hydroxylation is 2. The normalized spacial score (nSPS) is 12.2. The molecule has 0 unspecified atom stereocenters. The summed E-state index contributed by atoms with van der Waals surface area (Å²) in [6.45, 7) is 1.82. The van der Waals surface area contributed by atoms with Gasteiger partial charge in [-0.3, -0.25) is 19.0 Å². The van der Waals surface area contributed by atoms with Crippen molar-refractivity contribution in [2.45, 2.75) is 25.1 Å². The largest absolute Gasteiger partial charge is 0.481 e. The van der Waals surface area contributed by atoms with Gasteiger partial charge in [-0.15, -0.1) is 0 Å². The van der Waals surface area contributed by atoms with Crippen LogP contribution < -0.4 is 10.0 Å². The molecule has 1 amide bonds. The molecule has 0 spiro atoms. The fourth-order valence-corrected chi connectivity index (χ4v) is 4.53. The molecule has 0 aliphatic rings. The van der Waals surface area contributed by atoms with Gasteiger partial charge in [0.05, 0.1) is 23.9 Å². The van der Waals surface area contributed by atoms with Gasteiger partial charge in [-0.25, -0.2) is 8.42 Å². The molecule has 0 bridgehead atoms. The number of carboxylic acid groups (broad SMARTS) is 1. The highest BCUT2D eigenvalue weighted by atomic mass is 32.2. The monoisotopic (exact) mass is 456 g/mol. The fourth-order valence-electron chi connectivity index (χ4n) is 3.35. The molecule has 3 aromatic rings. The number of amides is 1. The average molecular weight is 457 g/mol. The lowest BCUT2D eigenvalue weighted by atomic mass is 9.98. The average Bonchev–Trinajstić information content (AvgIpc) is 3.07. The van der Waals surface area contributed by atoms with Crippen LogP contribution in [-0.4, -0.2) is 35.2 Å². The number of carbonyl (C=O) groups excluding carboxylic acids is 1. The highest BCUT2D eigenvalue weighted by Crippen LogP contribution is 2.23. The minimum absolute atomic E-state index is 0.0137. The standard InChI is InChI=1S/C22H24N4O5S/c1-15-8-6-7-11-17(15)18(12-20(27)28)23-22(29)21-19(13-26(2)24-21)25-32(30,31)14-16-9-4-3-5-10-16/h3-11,13,18,25H,12,14H2,1-2H3,(H,23,29)(H,27,28)/t18-/m0/s1. The van der Waals surface area contributed by atoms with Gasteiger partial charge in [0.2, 0.25) is 10.0 Å². The second kappa shape index (κ2) is 9.65. The Labute approximate surface area is 186 Å². The van der Waals surface area contributed by atoms with E-state index in [4.69, 9.17) is 0 Å². The molecule has 0 saturated carbocycles. The summed E-state index contributed by atoms with van der Waals surface area (Å²) < 4.78 is 29.0. The molecule has 3 rings (SSSR count). The van der Waals surface area contributed by atoms with Crippen LogP contribution in [0.25, 0.3) is 0 Å². The van der Waals surface area contributed by atoms with E-state index in [9.17, 15) is 23.1 Å². The number of nitrogens with zero attached hydrogens (tertiary/aromatic N) is 2. The van der Waals surface area contributed by atoms with Crippen molar-refractivity contribution >= 4 is 27.6 Å². The predicted octanol–water partition coefficient (Wildman–Crippen LogP) is 2.62. The van der Waals surface area contributed by atoms with Gasteiger partial charge in [0.25, 0.3) is 5.91 Å². The molecule has 2 aromatic carbocycles. The van der Waals surface area contributed by atoms with Crippen molar-refractivity contribution < 1.29 is 23.1 Å². The zero-order chi connectivity index (χ0) is 23.3. The van der Waals surface area contributed by atoms with Gasteiger partial charge in [-0.1, -0.05) is 54.6 Å². The molecule has 0 aliphatic heterocycles. The number of aromatic nitrogens is 2. The molecule has 168 valence electrons. The Morgan fingerprint density at radius 3 is 2.41 bits per heavy atom. The second-order valence-electron chi connectivity index (χ2n) is 7.39. The van der Waals surface area contributed by atoms with Crippen LogP contribution in [0.2, 0.25) is 0 Å². The molecule has 0 saturated heterocycles. The van der Waals surface area contributed by atoms with E-state index < -0.39 is 27.9 Å². The summed E-state index contributed by atoms with van der Waals surface area (Å²) in [4.78, 5) is 24.4. The van der Waals surface area contributed by atoms with Crippen molar-refractivity contribution in [1.82, 2.24) is 15.1 Å². The van der Waals surface area contributed by atoms with E-state index in [0.29, 0.717) is 11.1 Å². The summed E-state index contributed by atoms with van der Waals surface area (Å²) in [6.07, 6.45) is 1.05. The molecule has 1 heterocycles. The number of rotatable bonds is 9. The van der Waals surface area contributed by atoms with E-state index in [2.05, 4.69) is 15.1 Å². The Morgan fingerprint density at radius 1 is 1.09 bits per heavy atom.